The number of rotatable bonds is 6. The van der Waals surface area contributed by atoms with Crippen LogP contribution in [-0.4, -0.2) is 43.1 Å². The fourth-order valence-electron chi connectivity index (χ4n) is 1.55. The third-order valence-electron chi connectivity index (χ3n) is 2.63. The van der Waals surface area contributed by atoms with Gasteiger partial charge in [-0.05, 0) is 32.0 Å². The summed E-state index contributed by atoms with van der Waals surface area (Å²) in [7, 11) is 1.29. The Morgan fingerprint density at radius 1 is 1.35 bits per heavy atom. The molecule has 1 rings (SSSR count). The van der Waals surface area contributed by atoms with E-state index in [1.807, 2.05) is 26.0 Å². The van der Waals surface area contributed by atoms with E-state index < -0.39 is 5.97 Å². The van der Waals surface area contributed by atoms with Gasteiger partial charge in [-0.1, -0.05) is 22.0 Å². The third kappa shape index (κ3) is 5.21. The molecule has 0 saturated carbocycles. The molecule has 110 valence electrons. The summed E-state index contributed by atoms with van der Waals surface area (Å²) in [5.74, 6) is -0.116. The predicted molar refractivity (Wildman–Crippen MR) is 78.5 cm³/mol. The molecule has 0 atom stereocenters. The molecule has 0 aliphatic carbocycles. The molecule has 0 N–H and O–H groups in total. The zero-order valence-electron chi connectivity index (χ0n) is 11.8. The van der Waals surface area contributed by atoms with E-state index in [1.54, 1.807) is 12.1 Å². The summed E-state index contributed by atoms with van der Waals surface area (Å²) in [4.78, 5) is 24.8. The van der Waals surface area contributed by atoms with E-state index in [1.165, 1.54) is 12.0 Å². The molecule has 0 heterocycles. The van der Waals surface area contributed by atoms with E-state index in [-0.39, 0.29) is 25.1 Å². The zero-order chi connectivity index (χ0) is 15.1. The van der Waals surface area contributed by atoms with E-state index >= 15 is 0 Å². The molecule has 0 saturated heterocycles. The number of methoxy groups -OCH3 is 1. The summed E-state index contributed by atoms with van der Waals surface area (Å²) in [6.07, 6.45) is 0. The Morgan fingerprint density at radius 3 is 2.60 bits per heavy atom. The number of hydrogen-bond acceptors (Lipinski definition) is 4. The SMILES string of the molecule is COC(=O)CN(C(=O)COc1cccc(Br)c1)C(C)C. The van der Waals surface area contributed by atoms with Crippen LogP contribution >= 0.6 is 15.9 Å². The number of halogens is 1. The maximum Gasteiger partial charge on any atom is 0.325 e. The van der Waals surface area contributed by atoms with Gasteiger partial charge in [0.1, 0.15) is 12.3 Å². The first-order valence-electron chi connectivity index (χ1n) is 6.18. The zero-order valence-corrected chi connectivity index (χ0v) is 13.3. The lowest BCUT2D eigenvalue weighted by Gasteiger charge is -2.25. The summed E-state index contributed by atoms with van der Waals surface area (Å²) in [6.45, 7) is 3.47. The smallest absolute Gasteiger partial charge is 0.325 e. The van der Waals surface area contributed by atoms with Crippen LogP contribution in [0.1, 0.15) is 13.8 Å². The second-order valence-corrected chi connectivity index (χ2v) is 5.35. The van der Waals surface area contributed by atoms with Crippen LogP contribution in [0.5, 0.6) is 5.75 Å². The van der Waals surface area contributed by atoms with Gasteiger partial charge in [-0.25, -0.2) is 0 Å². The van der Waals surface area contributed by atoms with E-state index in [0.717, 1.165) is 4.47 Å². The van der Waals surface area contributed by atoms with Crippen molar-refractivity contribution in [3.05, 3.63) is 28.7 Å². The van der Waals surface area contributed by atoms with Gasteiger partial charge < -0.3 is 14.4 Å². The van der Waals surface area contributed by atoms with Crippen molar-refractivity contribution in [1.82, 2.24) is 4.90 Å². The summed E-state index contributed by atoms with van der Waals surface area (Å²) >= 11 is 3.33. The van der Waals surface area contributed by atoms with Crippen LogP contribution in [0.15, 0.2) is 28.7 Å². The number of carbonyl (C=O) groups excluding carboxylic acids is 2. The van der Waals surface area contributed by atoms with E-state index in [2.05, 4.69) is 20.7 Å². The molecule has 1 aromatic carbocycles. The Kier molecular flexibility index (Phi) is 6.51. The van der Waals surface area contributed by atoms with Gasteiger partial charge in [-0.15, -0.1) is 0 Å². The van der Waals surface area contributed by atoms with E-state index in [9.17, 15) is 9.59 Å². The first-order chi connectivity index (χ1) is 9.43. The predicted octanol–water partition coefficient (Wildman–Crippen LogP) is 2.24. The van der Waals surface area contributed by atoms with E-state index in [0.29, 0.717) is 5.75 Å². The Labute approximate surface area is 127 Å². The average Bonchev–Trinajstić information content (AvgIpc) is 2.41. The third-order valence-corrected chi connectivity index (χ3v) is 3.12. The number of ether oxygens (including phenoxy) is 2. The van der Waals surface area contributed by atoms with Gasteiger partial charge in [0.15, 0.2) is 6.61 Å². The number of amides is 1. The topological polar surface area (TPSA) is 55.8 Å². The molecule has 1 aromatic rings. The standard InChI is InChI=1S/C14H18BrNO4/c1-10(2)16(8-14(18)19-3)13(17)9-20-12-6-4-5-11(15)7-12/h4-7,10H,8-9H2,1-3H3. The summed E-state index contributed by atoms with van der Waals surface area (Å²) < 4.78 is 10.9. The normalized spacial score (nSPS) is 10.2. The Hall–Kier alpha value is -1.56. The van der Waals surface area contributed by atoms with Gasteiger partial charge in [0.05, 0.1) is 7.11 Å². The lowest BCUT2D eigenvalue weighted by molar-refractivity contribution is -0.149. The molecule has 0 spiro atoms. The lowest BCUT2D eigenvalue weighted by atomic mass is 10.3. The van der Waals surface area contributed by atoms with Gasteiger partial charge >= 0.3 is 5.97 Å². The molecule has 5 nitrogen and oxygen atoms in total. The van der Waals surface area contributed by atoms with Crippen molar-refractivity contribution in [3.8, 4) is 5.75 Å². The van der Waals surface area contributed by atoms with Gasteiger partial charge in [0, 0.05) is 10.5 Å². The molecule has 0 bridgehead atoms. The van der Waals surface area contributed by atoms with Crippen molar-refractivity contribution in [2.45, 2.75) is 19.9 Å². The van der Waals surface area contributed by atoms with Gasteiger partial charge in [0.25, 0.3) is 5.91 Å². The monoisotopic (exact) mass is 343 g/mol. The fraction of sp³-hybridized carbons (Fsp3) is 0.429. The minimum absolute atomic E-state index is 0.0746. The number of carbonyl (C=O) groups is 2. The highest BCUT2D eigenvalue weighted by Gasteiger charge is 2.20. The molecule has 0 aliphatic rings. The average molecular weight is 344 g/mol. The summed E-state index contributed by atoms with van der Waals surface area (Å²) in [5.41, 5.74) is 0. The quantitative estimate of drug-likeness (QED) is 0.743. The van der Waals surface area contributed by atoms with Crippen molar-refractivity contribution in [1.29, 1.82) is 0 Å². The van der Waals surface area contributed by atoms with Crippen molar-refractivity contribution in [2.24, 2.45) is 0 Å². The Morgan fingerprint density at radius 2 is 2.05 bits per heavy atom. The maximum atomic E-state index is 12.1. The van der Waals surface area contributed by atoms with Crippen LogP contribution in [0.4, 0.5) is 0 Å². The number of hydrogen-bond donors (Lipinski definition) is 0. The highest BCUT2D eigenvalue weighted by molar-refractivity contribution is 9.10. The van der Waals surface area contributed by atoms with Gasteiger partial charge in [-0.2, -0.15) is 0 Å². The number of esters is 1. The second-order valence-electron chi connectivity index (χ2n) is 4.44. The van der Waals surface area contributed by atoms with Crippen molar-refractivity contribution in [2.75, 3.05) is 20.3 Å². The molecule has 20 heavy (non-hydrogen) atoms. The first-order valence-corrected chi connectivity index (χ1v) is 6.98. The van der Waals surface area contributed by atoms with Crippen LogP contribution < -0.4 is 4.74 Å². The van der Waals surface area contributed by atoms with Gasteiger partial charge in [-0.3, -0.25) is 9.59 Å². The molecule has 0 fully saturated rings. The lowest BCUT2D eigenvalue weighted by Crippen LogP contribution is -2.43. The van der Waals surface area contributed by atoms with Crippen LogP contribution in [0.25, 0.3) is 0 Å². The highest BCUT2D eigenvalue weighted by atomic mass is 79.9. The van der Waals surface area contributed by atoms with Crippen molar-refractivity contribution < 1.29 is 19.1 Å². The summed E-state index contributed by atoms with van der Waals surface area (Å²) in [5, 5.41) is 0. The molecule has 0 radical (unpaired) electrons. The largest absolute Gasteiger partial charge is 0.484 e. The Balaban J connectivity index is 2.60. The van der Waals surface area contributed by atoms with Crippen LogP contribution in [0.2, 0.25) is 0 Å². The van der Waals surface area contributed by atoms with Crippen molar-refractivity contribution in [3.63, 3.8) is 0 Å². The highest BCUT2D eigenvalue weighted by Crippen LogP contribution is 2.17. The molecule has 1 amide bonds. The number of nitrogens with zero attached hydrogens (tertiary/aromatic N) is 1. The molecular weight excluding hydrogens is 326 g/mol. The van der Waals surface area contributed by atoms with Crippen molar-refractivity contribution >= 4 is 27.8 Å². The molecule has 6 heteroatoms. The number of benzene rings is 1. The fourth-order valence-corrected chi connectivity index (χ4v) is 1.93. The summed E-state index contributed by atoms with van der Waals surface area (Å²) in [6, 6.07) is 7.11. The van der Waals surface area contributed by atoms with Gasteiger partial charge in [0.2, 0.25) is 0 Å². The first kappa shape index (κ1) is 16.5. The second kappa shape index (κ2) is 7.89. The van der Waals surface area contributed by atoms with Crippen LogP contribution in [-0.2, 0) is 14.3 Å². The molecular formula is C14H18BrNO4. The minimum Gasteiger partial charge on any atom is -0.484 e. The van der Waals surface area contributed by atoms with E-state index in [4.69, 9.17) is 4.74 Å². The minimum atomic E-state index is -0.450. The van der Waals surface area contributed by atoms with Crippen LogP contribution in [0, 0.1) is 0 Å². The molecule has 0 unspecified atom stereocenters. The van der Waals surface area contributed by atoms with Crippen LogP contribution in [0.3, 0.4) is 0 Å². The molecule has 0 aromatic heterocycles. The Bertz CT molecular complexity index is 476. The maximum absolute atomic E-state index is 12.1. The molecule has 0 aliphatic heterocycles.